The predicted molar refractivity (Wildman–Crippen MR) is 82.3 cm³/mol. The lowest BCUT2D eigenvalue weighted by molar-refractivity contribution is 0.101. The standard InChI is InChI=1S/C17H20N2O/c1-3-14-7-4-5-9-17(14)18-12-11-15-8-6-10-16(19-15)13(2)20/h4-10,18H,3,11-12H2,1-2H3. The number of pyridine rings is 1. The molecule has 0 radical (unpaired) electrons. The van der Waals surface area contributed by atoms with Gasteiger partial charge in [0.05, 0.1) is 0 Å². The monoisotopic (exact) mass is 268 g/mol. The Bertz CT molecular complexity index is 593. The first-order valence-corrected chi connectivity index (χ1v) is 6.99. The average Bonchev–Trinajstić information content (AvgIpc) is 2.48. The Morgan fingerprint density at radius 2 is 1.95 bits per heavy atom. The van der Waals surface area contributed by atoms with E-state index in [-0.39, 0.29) is 5.78 Å². The van der Waals surface area contributed by atoms with Crippen LogP contribution >= 0.6 is 0 Å². The molecule has 20 heavy (non-hydrogen) atoms. The number of Topliss-reactive ketones (excluding diaryl/α,β-unsaturated/α-hetero) is 1. The van der Waals surface area contributed by atoms with E-state index < -0.39 is 0 Å². The lowest BCUT2D eigenvalue weighted by Crippen LogP contribution is -2.09. The van der Waals surface area contributed by atoms with Gasteiger partial charge < -0.3 is 5.32 Å². The quantitative estimate of drug-likeness (QED) is 0.815. The second kappa shape index (κ2) is 6.85. The summed E-state index contributed by atoms with van der Waals surface area (Å²) < 4.78 is 0. The minimum atomic E-state index is 0.0103. The molecule has 1 N–H and O–H groups in total. The van der Waals surface area contributed by atoms with E-state index >= 15 is 0 Å². The Hall–Kier alpha value is -2.16. The number of nitrogens with zero attached hydrogens (tertiary/aromatic N) is 1. The maximum atomic E-state index is 11.3. The van der Waals surface area contributed by atoms with Gasteiger partial charge in [0, 0.05) is 31.3 Å². The van der Waals surface area contributed by atoms with Crippen molar-refractivity contribution in [3.8, 4) is 0 Å². The highest BCUT2D eigenvalue weighted by molar-refractivity contribution is 5.92. The first-order chi connectivity index (χ1) is 9.70. The van der Waals surface area contributed by atoms with Gasteiger partial charge in [0.25, 0.3) is 0 Å². The summed E-state index contributed by atoms with van der Waals surface area (Å²) in [7, 11) is 0. The number of hydrogen-bond acceptors (Lipinski definition) is 3. The van der Waals surface area contributed by atoms with Crippen LogP contribution in [0.1, 0.15) is 35.6 Å². The van der Waals surface area contributed by atoms with Crippen LogP contribution in [0.5, 0.6) is 0 Å². The van der Waals surface area contributed by atoms with Crippen LogP contribution in [0.25, 0.3) is 0 Å². The molecule has 0 amide bonds. The summed E-state index contributed by atoms with van der Waals surface area (Å²) in [6.07, 6.45) is 1.82. The van der Waals surface area contributed by atoms with Crippen LogP contribution < -0.4 is 5.32 Å². The Kier molecular flexibility index (Phi) is 4.88. The van der Waals surface area contributed by atoms with E-state index in [4.69, 9.17) is 0 Å². The molecular weight excluding hydrogens is 248 g/mol. The summed E-state index contributed by atoms with van der Waals surface area (Å²) in [5.74, 6) is 0.0103. The zero-order valence-electron chi connectivity index (χ0n) is 12.0. The van der Waals surface area contributed by atoms with Crippen molar-refractivity contribution >= 4 is 11.5 Å². The summed E-state index contributed by atoms with van der Waals surface area (Å²) in [5.41, 5.74) is 3.98. The number of aromatic nitrogens is 1. The molecule has 0 aliphatic carbocycles. The Morgan fingerprint density at radius 1 is 1.15 bits per heavy atom. The minimum Gasteiger partial charge on any atom is -0.384 e. The van der Waals surface area contributed by atoms with E-state index in [1.165, 1.54) is 11.3 Å². The molecule has 0 saturated carbocycles. The number of anilines is 1. The van der Waals surface area contributed by atoms with Crippen LogP contribution in [0.2, 0.25) is 0 Å². The average molecular weight is 268 g/mol. The van der Waals surface area contributed by atoms with Gasteiger partial charge in [0.2, 0.25) is 0 Å². The molecule has 3 heteroatoms. The number of aryl methyl sites for hydroxylation is 1. The van der Waals surface area contributed by atoms with E-state index in [1.54, 1.807) is 13.0 Å². The van der Waals surface area contributed by atoms with Gasteiger partial charge in [0.15, 0.2) is 5.78 Å². The van der Waals surface area contributed by atoms with Gasteiger partial charge in [0.1, 0.15) is 5.69 Å². The highest BCUT2D eigenvalue weighted by atomic mass is 16.1. The van der Waals surface area contributed by atoms with Gasteiger partial charge in [-0.3, -0.25) is 4.79 Å². The fraction of sp³-hybridized carbons (Fsp3) is 0.294. The van der Waals surface area contributed by atoms with Crippen molar-refractivity contribution in [2.75, 3.05) is 11.9 Å². The summed E-state index contributed by atoms with van der Waals surface area (Å²) in [5, 5.41) is 3.44. The summed E-state index contributed by atoms with van der Waals surface area (Å²) >= 11 is 0. The van der Waals surface area contributed by atoms with Gasteiger partial charge >= 0.3 is 0 Å². The van der Waals surface area contributed by atoms with E-state index in [1.807, 2.05) is 18.2 Å². The molecule has 1 aromatic heterocycles. The Morgan fingerprint density at radius 3 is 2.70 bits per heavy atom. The number of nitrogens with one attached hydrogen (secondary N) is 1. The third kappa shape index (κ3) is 3.67. The highest BCUT2D eigenvalue weighted by Gasteiger charge is 2.03. The van der Waals surface area contributed by atoms with Crippen LogP contribution in [-0.4, -0.2) is 17.3 Å². The number of carbonyl (C=O) groups excluding carboxylic acids is 1. The van der Waals surface area contributed by atoms with Crippen LogP contribution in [0, 0.1) is 0 Å². The predicted octanol–water partition coefficient (Wildman–Crippen LogP) is 3.50. The first-order valence-electron chi connectivity index (χ1n) is 6.99. The highest BCUT2D eigenvalue weighted by Crippen LogP contribution is 2.15. The van der Waals surface area contributed by atoms with Crippen molar-refractivity contribution in [1.82, 2.24) is 4.98 Å². The summed E-state index contributed by atoms with van der Waals surface area (Å²) in [4.78, 5) is 15.7. The SMILES string of the molecule is CCc1ccccc1NCCc1cccc(C(C)=O)n1. The second-order valence-corrected chi connectivity index (χ2v) is 4.76. The molecule has 0 aliphatic heterocycles. The summed E-state index contributed by atoms with van der Waals surface area (Å²) in [6.45, 7) is 4.51. The van der Waals surface area contributed by atoms with Crippen LogP contribution in [0.15, 0.2) is 42.5 Å². The number of rotatable bonds is 6. The number of hydrogen-bond donors (Lipinski definition) is 1. The van der Waals surface area contributed by atoms with Crippen LogP contribution in [0.3, 0.4) is 0 Å². The zero-order chi connectivity index (χ0) is 14.4. The second-order valence-electron chi connectivity index (χ2n) is 4.76. The number of carbonyl (C=O) groups is 1. The molecule has 0 atom stereocenters. The van der Waals surface area contributed by atoms with Crippen LogP contribution in [-0.2, 0) is 12.8 Å². The third-order valence-corrected chi connectivity index (χ3v) is 3.26. The van der Waals surface area contributed by atoms with E-state index in [0.29, 0.717) is 5.69 Å². The van der Waals surface area contributed by atoms with Crippen molar-refractivity contribution in [2.24, 2.45) is 0 Å². The molecular formula is C17H20N2O. The van der Waals surface area contributed by atoms with Crippen LogP contribution in [0.4, 0.5) is 5.69 Å². The van der Waals surface area contributed by atoms with Crippen molar-refractivity contribution < 1.29 is 4.79 Å². The lowest BCUT2D eigenvalue weighted by atomic mass is 10.1. The largest absolute Gasteiger partial charge is 0.384 e. The van der Waals surface area contributed by atoms with E-state index in [0.717, 1.165) is 25.1 Å². The molecule has 0 fully saturated rings. The maximum absolute atomic E-state index is 11.3. The molecule has 2 rings (SSSR count). The van der Waals surface area contributed by atoms with Gasteiger partial charge in [-0.2, -0.15) is 0 Å². The summed E-state index contributed by atoms with van der Waals surface area (Å²) in [6, 6.07) is 13.9. The Labute approximate surface area is 120 Å². The number of para-hydroxylation sites is 1. The molecule has 0 unspecified atom stereocenters. The molecule has 0 saturated heterocycles. The van der Waals surface area contributed by atoms with Crippen molar-refractivity contribution in [3.05, 3.63) is 59.4 Å². The van der Waals surface area contributed by atoms with Crippen molar-refractivity contribution in [2.45, 2.75) is 26.7 Å². The normalized spacial score (nSPS) is 10.3. The smallest absolute Gasteiger partial charge is 0.178 e. The Balaban J connectivity index is 1.96. The fourth-order valence-electron chi connectivity index (χ4n) is 2.14. The maximum Gasteiger partial charge on any atom is 0.178 e. The topological polar surface area (TPSA) is 42.0 Å². The third-order valence-electron chi connectivity index (χ3n) is 3.26. The van der Waals surface area contributed by atoms with Gasteiger partial charge in [-0.05, 0) is 30.2 Å². The molecule has 0 bridgehead atoms. The van der Waals surface area contributed by atoms with Crippen molar-refractivity contribution in [3.63, 3.8) is 0 Å². The minimum absolute atomic E-state index is 0.0103. The molecule has 3 nitrogen and oxygen atoms in total. The molecule has 1 aromatic carbocycles. The van der Waals surface area contributed by atoms with Crippen molar-refractivity contribution in [1.29, 1.82) is 0 Å². The molecule has 2 aromatic rings. The van der Waals surface area contributed by atoms with E-state index in [9.17, 15) is 4.79 Å². The number of benzene rings is 1. The molecule has 0 spiro atoms. The van der Waals surface area contributed by atoms with Gasteiger partial charge in [-0.1, -0.05) is 31.2 Å². The molecule has 0 aliphatic rings. The first kappa shape index (κ1) is 14.3. The van der Waals surface area contributed by atoms with Gasteiger partial charge in [-0.25, -0.2) is 4.98 Å². The number of ketones is 1. The zero-order valence-corrected chi connectivity index (χ0v) is 12.0. The van der Waals surface area contributed by atoms with Gasteiger partial charge in [-0.15, -0.1) is 0 Å². The fourth-order valence-corrected chi connectivity index (χ4v) is 2.14. The molecule has 104 valence electrons. The molecule has 1 heterocycles. The van der Waals surface area contributed by atoms with E-state index in [2.05, 4.69) is 35.4 Å². The lowest BCUT2D eigenvalue weighted by Gasteiger charge is -2.10.